The maximum absolute atomic E-state index is 5.46. The third-order valence-electron chi connectivity index (χ3n) is 1.68. The molecule has 0 aliphatic rings. The van der Waals surface area contributed by atoms with Crippen LogP contribution in [0, 0.1) is 0 Å². The summed E-state index contributed by atoms with van der Waals surface area (Å²) >= 11 is 0. The molecule has 0 bridgehead atoms. The molecule has 2 heteroatoms. The zero-order valence-electron chi connectivity index (χ0n) is 8.23. The molecule has 1 rings (SSSR count). The molecule has 72 valence electrons. The Morgan fingerprint density at radius 1 is 1.57 bits per heavy atom. The molecule has 14 heavy (non-hydrogen) atoms. The first kappa shape index (κ1) is 10.3. The number of pyridine rings is 1. The standard InChI is InChI=1S/C12H13NO/c1-4-6-10(2)11(3)14-12-7-5-8-13-9-12/h4-9H,1,3H2,2H3/b10-6-. The van der Waals surface area contributed by atoms with Gasteiger partial charge >= 0.3 is 0 Å². The van der Waals surface area contributed by atoms with Crippen LogP contribution < -0.4 is 4.74 Å². The van der Waals surface area contributed by atoms with E-state index in [2.05, 4.69) is 18.1 Å². The summed E-state index contributed by atoms with van der Waals surface area (Å²) < 4.78 is 5.46. The molecule has 1 aromatic heterocycles. The fourth-order valence-electron chi connectivity index (χ4n) is 0.900. The first-order valence-electron chi connectivity index (χ1n) is 4.30. The fraction of sp³-hybridized carbons (Fsp3) is 0.0833. The van der Waals surface area contributed by atoms with Crippen molar-refractivity contribution in [2.75, 3.05) is 0 Å². The zero-order valence-corrected chi connectivity index (χ0v) is 8.23. The van der Waals surface area contributed by atoms with E-state index in [1.165, 1.54) is 0 Å². The highest BCUT2D eigenvalue weighted by Gasteiger charge is 1.98. The molecule has 0 radical (unpaired) electrons. The van der Waals surface area contributed by atoms with Crippen molar-refractivity contribution in [1.29, 1.82) is 0 Å². The van der Waals surface area contributed by atoms with E-state index in [1.54, 1.807) is 18.5 Å². The average molecular weight is 187 g/mol. The summed E-state index contributed by atoms with van der Waals surface area (Å²) in [5.41, 5.74) is 0.948. The quantitative estimate of drug-likeness (QED) is 0.533. The second-order valence-corrected chi connectivity index (χ2v) is 2.80. The lowest BCUT2D eigenvalue weighted by molar-refractivity contribution is 0.437. The molecule has 0 spiro atoms. The van der Waals surface area contributed by atoms with Gasteiger partial charge in [-0.15, -0.1) is 0 Å². The molecule has 0 amide bonds. The molecule has 0 saturated carbocycles. The number of hydrogen-bond acceptors (Lipinski definition) is 2. The van der Waals surface area contributed by atoms with Crippen LogP contribution in [0.3, 0.4) is 0 Å². The van der Waals surface area contributed by atoms with Crippen LogP contribution >= 0.6 is 0 Å². The Hall–Kier alpha value is -1.83. The number of ether oxygens (including phenoxy) is 1. The van der Waals surface area contributed by atoms with Crippen molar-refractivity contribution >= 4 is 0 Å². The smallest absolute Gasteiger partial charge is 0.145 e. The third-order valence-corrected chi connectivity index (χ3v) is 1.68. The molecule has 0 aromatic carbocycles. The lowest BCUT2D eigenvalue weighted by Gasteiger charge is -2.07. The van der Waals surface area contributed by atoms with Gasteiger partial charge in [-0.3, -0.25) is 4.98 Å². The van der Waals surface area contributed by atoms with Gasteiger partial charge in [0.15, 0.2) is 0 Å². The predicted molar refractivity (Wildman–Crippen MR) is 58.0 cm³/mol. The normalized spacial score (nSPS) is 10.8. The lowest BCUT2D eigenvalue weighted by atomic mass is 10.2. The number of rotatable bonds is 4. The predicted octanol–water partition coefficient (Wildman–Crippen LogP) is 3.11. The largest absolute Gasteiger partial charge is 0.456 e. The van der Waals surface area contributed by atoms with Crippen molar-refractivity contribution in [1.82, 2.24) is 4.98 Å². The molecule has 0 unspecified atom stereocenters. The SMILES string of the molecule is C=C/C=C(/C)C(=C)Oc1cccnc1. The second kappa shape index (κ2) is 5.02. The van der Waals surface area contributed by atoms with Gasteiger partial charge in [-0.25, -0.2) is 0 Å². The Bertz CT molecular complexity index is 352. The molecular formula is C12H13NO. The summed E-state index contributed by atoms with van der Waals surface area (Å²) in [5, 5.41) is 0. The molecule has 1 heterocycles. The van der Waals surface area contributed by atoms with E-state index in [1.807, 2.05) is 25.1 Å². The van der Waals surface area contributed by atoms with E-state index in [4.69, 9.17) is 4.74 Å². The van der Waals surface area contributed by atoms with Crippen molar-refractivity contribution < 1.29 is 4.74 Å². The zero-order chi connectivity index (χ0) is 10.4. The molecule has 2 nitrogen and oxygen atoms in total. The van der Waals surface area contributed by atoms with Crippen LogP contribution in [0.25, 0.3) is 0 Å². The van der Waals surface area contributed by atoms with E-state index in [0.29, 0.717) is 11.5 Å². The van der Waals surface area contributed by atoms with Crippen molar-refractivity contribution in [3.05, 3.63) is 61.2 Å². The highest BCUT2D eigenvalue weighted by Crippen LogP contribution is 2.15. The molecule has 0 aliphatic carbocycles. The molecule has 0 N–H and O–H groups in total. The van der Waals surface area contributed by atoms with Gasteiger partial charge in [0.25, 0.3) is 0 Å². The van der Waals surface area contributed by atoms with Crippen molar-refractivity contribution in [2.24, 2.45) is 0 Å². The Kier molecular flexibility index (Phi) is 3.68. The lowest BCUT2D eigenvalue weighted by Crippen LogP contribution is -1.95. The van der Waals surface area contributed by atoms with Gasteiger partial charge in [0.05, 0.1) is 6.20 Å². The number of nitrogens with zero attached hydrogens (tertiary/aromatic N) is 1. The van der Waals surface area contributed by atoms with E-state index in [9.17, 15) is 0 Å². The molecule has 0 atom stereocenters. The average Bonchev–Trinajstić information content (AvgIpc) is 2.19. The second-order valence-electron chi connectivity index (χ2n) is 2.80. The van der Waals surface area contributed by atoms with Gasteiger partial charge in [0, 0.05) is 6.20 Å². The van der Waals surface area contributed by atoms with Gasteiger partial charge in [0.2, 0.25) is 0 Å². The third kappa shape index (κ3) is 2.90. The van der Waals surface area contributed by atoms with E-state index in [-0.39, 0.29) is 0 Å². The summed E-state index contributed by atoms with van der Waals surface area (Å²) in [7, 11) is 0. The first-order valence-corrected chi connectivity index (χ1v) is 4.30. The monoisotopic (exact) mass is 187 g/mol. The highest BCUT2D eigenvalue weighted by atomic mass is 16.5. The van der Waals surface area contributed by atoms with Crippen LogP contribution in [0.15, 0.2) is 61.2 Å². The summed E-state index contributed by atoms with van der Waals surface area (Å²) in [6.07, 6.45) is 6.89. The van der Waals surface area contributed by atoms with Gasteiger partial charge in [-0.2, -0.15) is 0 Å². The first-order chi connectivity index (χ1) is 6.74. The summed E-state index contributed by atoms with van der Waals surface area (Å²) in [5.74, 6) is 1.30. The molecular weight excluding hydrogens is 174 g/mol. The van der Waals surface area contributed by atoms with Crippen LogP contribution in [-0.4, -0.2) is 4.98 Å². The van der Waals surface area contributed by atoms with Crippen LogP contribution in [0.2, 0.25) is 0 Å². The minimum Gasteiger partial charge on any atom is -0.456 e. The molecule has 1 aromatic rings. The van der Waals surface area contributed by atoms with E-state index < -0.39 is 0 Å². The van der Waals surface area contributed by atoms with Crippen molar-refractivity contribution in [3.8, 4) is 5.75 Å². The number of allylic oxidation sites excluding steroid dienone is 3. The van der Waals surface area contributed by atoms with Crippen LogP contribution in [0.1, 0.15) is 6.92 Å². The van der Waals surface area contributed by atoms with E-state index >= 15 is 0 Å². The molecule has 0 saturated heterocycles. The minimum absolute atomic E-state index is 0.609. The van der Waals surface area contributed by atoms with E-state index in [0.717, 1.165) is 5.57 Å². The van der Waals surface area contributed by atoms with Crippen LogP contribution in [0.5, 0.6) is 5.75 Å². The Morgan fingerprint density at radius 3 is 2.93 bits per heavy atom. The van der Waals surface area contributed by atoms with Gasteiger partial charge in [-0.1, -0.05) is 25.3 Å². The Morgan fingerprint density at radius 2 is 2.36 bits per heavy atom. The maximum Gasteiger partial charge on any atom is 0.145 e. The van der Waals surface area contributed by atoms with Gasteiger partial charge < -0.3 is 4.74 Å². The number of hydrogen-bond donors (Lipinski definition) is 0. The summed E-state index contributed by atoms with van der Waals surface area (Å²) in [6.45, 7) is 9.32. The van der Waals surface area contributed by atoms with Crippen molar-refractivity contribution in [3.63, 3.8) is 0 Å². The van der Waals surface area contributed by atoms with Crippen LogP contribution in [-0.2, 0) is 0 Å². The van der Waals surface area contributed by atoms with Crippen molar-refractivity contribution in [2.45, 2.75) is 6.92 Å². The Labute approximate surface area is 84.3 Å². The van der Waals surface area contributed by atoms with Gasteiger partial charge in [0.1, 0.15) is 11.5 Å². The fourth-order valence-corrected chi connectivity index (χ4v) is 0.900. The van der Waals surface area contributed by atoms with Gasteiger partial charge in [-0.05, 0) is 24.6 Å². The summed E-state index contributed by atoms with van der Waals surface area (Å²) in [4.78, 5) is 3.94. The van der Waals surface area contributed by atoms with Crippen LogP contribution in [0.4, 0.5) is 0 Å². The summed E-state index contributed by atoms with van der Waals surface area (Å²) in [6, 6.07) is 3.65. The maximum atomic E-state index is 5.46. The minimum atomic E-state index is 0.609. The highest BCUT2D eigenvalue weighted by molar-refractivity contribution is 5.29. The number of aromatic nitrogens is 1. The Balaban J connectivity index is 2.67. The molecule has 0 aliphatic heterocycles. The topological polar surface area (TPSA) is 22.1 Å². The molecule has 0 fully saturated rings.